The number of rotatable bonds is 4. The van der Waals surface area contributed by atoms with E-state index in [2.05, 4.69) is 0 Å². The Balaban J connectivity index is 3.66. The second-order valence-electron chi connectivity index (χ2n) is 2.31. The van der Waals surface area contributed by atoms with Gasteiger partial charge in [-0.05, 0) is 7.05 Å². The zero-order valence-electron chi connectivity index (χ0n) is 6.83. The molecule has 2 amide bonds. The third-order valence-corrected chi connectivity index (χ3v) is 1.15. The van der Waals surface area contributed by atoms with Crippen LogP contribution in [0.1, 0.15) is 0 Å². The summed E-state index contributed by atoms with van der Waals surface area (Å²) in [4.78, 5) is 22.8. The predicted molar refractivity (Wildman–Crippen MR) is 42.2 cm³/mol. The highest BCUT2D eigenvalue weighted by Gasteiger charge is 2.07. The molecule has 0 unspecified atom stereocenters. The lowest BCUT2D eigenvalue weighted by Gasteiger charge is -2.13. The number of hydrazine groups is 2. The van der Waals surface area contributed by atoms with Gasteiger partial charge in [0.05, 0.1) is 13.1 Å². The first-order chi connectivity index (χ1) is 5.60. The van der Waals surface area contributed by atoms with Crippen LogP contribution in [-0.4, -0.2) is 36.9 Å². The molecule has 0 aromatic carbocycles. The van der Waals surface area contributed by atoms with Crippen molar-refractivity contribution in [1.82, 2.24) is 15.8 Å². The minimum Gasteiger partial charge on any atom is -0.293 e. The maximum Gasteiger partial charge on any atom is 0.248 e. The minimum atomic E-state index is -0.359. The monoisotopic (exact) mass is 175 g/mol. The van der Waals surface area contributed by atoms with E-state index in [1.54, 1.807) is 7.05 Å². The number of nitrogens with zero attached hydrogens (tertiary/aromatic N) is 1. The van der Waals surface area contributed by atoms with Gasteiger partial charge in [-0.3, -0.25) is 25.3 Å². The van der Waals surface area contributed by atoms with Crippen LogP contribution < -0.4 is 22.5 Å². The molecule has 0 heterocycles. The zero-order chi connectivity index (χ0) is 9.56. The largest absolute Gasteiger partial charge is 0.293 e. The summed E-state index contributed by atoms with van der Waals surface area (Å²) in [6, 6.07) is 0. The first-order valence-corrected chi connectivity index (χ1v) is 3.27. The van der Waals surface area contributed by atoms with Gasteiger partial charge in [0.2, 0.25) is 11.8 Å². The summed E-state index contributed by atoms with van der Waals surface area (Å²) < 4.78 is 0. The Morgan fingerprint density at radius 1 is 1.17 bits per heavy atom. The van der Waals surface area contributed by atoms with E-state index < -0.39 is 0 Å². The van der Waals surface area contributed by atoms with Gasteiger partial charge in [0.1, 0.15) is 0 Å². The van der Waals surface area contributed by atoms with Crippen LogP contribution in [0.2, 0.25) is 0 Å². The topological polar surface area (TPSA) is 113 Å². The van der Waals surface area contributed by atoms with Crippen molar-refractivity contribution in [3.8, 4) is 0 Å². The van der Waals surface area contributed by atoms with Crippen LogP contribution in [0, 0.1) is 0 Å². The second-order valence-corrected chi connectivity index (χ2v) is 2.31. The number of nitrogens with two attached hydrogens (primary N) is 2. The van der Waals surface area contributed by atoms with Crippen LogP contribution in [0.25, 0.3) is 0 Å². The molecular formula is C5H13N5O2. The predicted octanol–water partition coefficient (Wildman–Crippen LogP) is -3.10. The smallest absolute Gasteiger partial charge is 0.248 e. The molecule has 0 rings (SSSR count). The fourth-order valence-corrected chi connectivity index (χ4v) is 0.637. The van der Waals surface area contributed by atoms with Gasteiger partial charge in [-0.25, -0.2) is 11.7 Å². The van der Waals surface area contributed by atoms with Crippen LogP contribution in [0.3, 0.4) is 0 Å². The molecule has 7 nitrogen and oxygen atoms in total. The highest BCUT2D eigenvalue weighted by atomic mass is 16.2. The van der Waals surface area contributed by atoms with Crippen LogP contribution in [0.4, 0.5) is 0 Å². The van der Waals surface area contributed by atoms with Gasteiger partial charge in [-0.1, -0.05) is 0 Å². The Bertz CT molecular complexity index is 153. The number of nitrogens with one attached hydrogen (secondary N) is 2. The van der Waals surface area contributed by atoms with E-state index >= 15 is 0 Å². The van der Waals surface area contributed by atoms with Crippen LogP contribution in [0.15, 0.2) is 0 Å². The molecule has 0 fully saturated rings. The summed E-state index contributed by atoms with van der Waals surface area (Å²) in [6.07, 6.45) is 0. The summed E-state index contributed by atoms with van der Waals surface area (Å²) in [7, 11) is 1.60. The third-order valence-electron chi connectivity index (χ3n) is 1.15. The Morgan fingerprint density at radius 3 is 1.75 bits per heavy atom. The molecule has 0 aliphatic carbocycles. The first kappa shape index (κ1) is 10.8. The molecule has 0 aromatic rings. The Kier molecular flexibility index (Phi) is 4.93. The average molecular weight is 175 g/mol. The van der Waals surface area contributed by atoms with Crippen molar-refractivity contribution < 1.29 is 9.59 Å². The van der Waals surface area contributed by atoms with E-state index in [1.807, 2.05) is 10.9 Å². The second kappa shape index (κ2) is 5.47. The van der Waals surface area contributed by atoms with Crippen LogP contribution in [0.5, 0.6) is 0 Å². The number of likely N-dealkylation sites (N-methyl/N-ethyl adjacent to an activating group) is 1. The maximum absolute atomic E-state index is 10.7. The van der Waals surface area contributed by atoms with Crippen LogP contribution in [-0.2, 0) is 9.59 Å². The molecule has 0 radical (unpaired) electrons. The number of hydrogen-bond acceptors (Lipinski definition) is 5. The summed E-state index contributed by atoms with van der Waals surface area (Å²) in [6.45, 7) is 0.119. The highest BCUT2D eigenvalue weighted by molar-refractivity contribution is 5.80. The van der Waals surface area contributed by atoms with Crippen molar-refractivity contribution in [3.63, 3.8) is 0 Å². The van der Waals surface area contributed by atoms with Crippen molar-refractivity contribution in [2.24, 2.45) is 11.7 Å². The quantitative estimate of drug-likeness (QED) is 0.205. The van der Waals surface area contributed by atoms with Crippen molar-refractivity contribution in [3.05, 3.63) is 0 Å². The van der Waals surface area contributed by atoms with E-state index in [0.29, 0.717) is 0 Å². The molecule has 0 bridgehead atoms. The summed E-state index contributed by atoms with van der Waals surface area (Å²) in [5.74, 6) is 8.95. The maximum atomic E-state index is 10.7. The lowest BCUT2D eigenvalue weighted by Crippen LogP contribution is -2.44. The van der Waals surface area contributed by atoms with Crippen molar-refractivity contribution in [2.75, 3.05) is 20.1 Å². The first-order valence-electron chi connectivity index (χ1n) is 3.27. The normalized spacial score (nSPS) is 9.67. The average Bonchev–Trinajstić information content (AvgIpc) is 2.03. The Hall–Kier alpha value is -1.18. The van der Waals surface area contributed by atoms with Crippen molar-refractivity contribution in [2.45, 2.75) is 0 Å². The SMILES string of the molecule is CN(CC(=O)NN)CC(=O)NN. The molecule has 6 N–H and O–H groups in total. The minimum absolute atomic E-state index is 0.0594. The Morgan fingerprint density at radius 2 is 1.50 bits per heavy atom. The van der Waals surface area contributed by atoms with Gasteiger partial charge in [0.25, 0.3) is 0 Å². The lowest BCUT2D eigenvalue weighted by molar-refractivity contribution is -0.124. The van der Waals surface area contributed by atoms with E-state index in [1.165, 1.54) is 4.90 Å². The fourth-order valence-electron chi connectivity index (χ4n) is 0.637. The number of carbonyl (C=O) groups is 2. The van der Waals surface area contributed by atoms with Gasteiger partial charge >= 0.3 is 0 Å². The molecule has 0 aliphatic rings. The molecule has 0 spiro atoms. The van der Waals surface area contributed by atoms with E-state index in [0.717, 1.165) is 0 Å². The third kappa shape index (κ3) is 4.61. The molecule has 0 atom stereocenters. The van der Waals surface area contributed by atoms with E-state index in [-0.39, 0.29) is 24.9 Å². The Labute approximate surface area is 70.0 Å². The molecule has 12 heavy (non-hydrogen) atoms. The van der Waals surface area contributed by atoms with E-state index in [4.69, 9.17) is 11.7 Å². The van der Waals surface area contributed by atoms with Crippen molar-refractivity contribution >= 4 is 11.8 Å². The van der Waals surface area contributed by atoms with Gasteiger partial charge in [-0.15, -0.1) is 0 Å². The van der Waals surface area contributed by atoms with Gasteiger partial charge in [0.15, 0.2) is 0 Å². The lowest BCUT2D eigenvalue weighted by atomic mass is 10.5. The molecule has 7 heteroatoms. The molecule has 0 aromatic heterocycles. The highest BCUT2D eigenvalue weighted by Crippen LogP contribution is 1.79. The molecule has 0 aliphatic heterocycles. The summed E-state index contributed by atoms with van der Waals surface area (Å²) >= 11 is 0. The molecule has 70 valence electrons. The number of hydrogen-bond donors (Lipinski definition) is 4. The van der Waals surface area contributed by atoms with Crippen molar-refractivity contribution in [1.29, 1.82) is 0 Å². The number of amides is 2. The molecular weight excluding hydrogens is 162 g/mol. The molecule has 0 saturated carbocycles. The van der Waals surface area contributed by atoms with E-state index in [9.17, 15) is 9.59 Å². The van der Waals surface area contributed by atoms with Gasteiger partial charge < -0.3 is 0 Å². The zero-order valence-corrected chi connectivity index (χ0v) is 6.83. The summed E-state index contributed by atoms with van der Waals surface area (Å²) in [5, 5.41) is 0. The number of carbonyl (C=O) groups excluding carboxylic acids is 2. The fraction of sp³-hybridized carbons (Fsp3) is 0.600. The summed E-state index contributed by atoms with van der Waals surface area (Å²) in [5.41, 5.74) is 3.89. The van der Waals surface area contributed by atoms with Gasteiger partial charge in [0, 0.05) is 0 Å². The standard InChI is InChI=1S/C5H13N5O2/c1-10(2-4(11)8-6)3-5(12)9-7/h2-3,6-7H2,1H3,(H,8,11)(H,9,12). The van der Waals surface area contributed by atoms with Crippen LogP contribution >= 0.6 is 0 Å². The molecule has 0 saturated heterocycles. The van der Waals surface area contributed by atoms with Gasteiger partial charge in [-0.2, -0.15) is 0 Å².